The summed E-state index contributed by atoms with van der Waals surface area (Å²) in [5.74, 6) is 0.904. The number of nitrogens with two attached hydrogens (primary N) is 1. The second-order valence-electron chi connectivity index (χ2n) is 5.83. The zero-order chi connectivity index (χ0) is 13.7. The van der Waals surface area contributed by atoms with Gasteiger partial charge in [0.1, 0.15) is 0 Å². The lowest BCUT2D eigenvalue weighted by Gasteiger charge is -2.27. The number of halogens is 1. The molecule has 2 N–H and O–H groups in total. The Kier molecular flexibility index (Phi) is 5.86. The first-order valence-electron chi connectivity index (χ1n) is 7.35. The first-order valence-corrected chi connectivity index (χ1v) is 8.14. The highest BCUT2D eigenvalue weighted by Gasteiger charge is 2.15. The summed E-state index contributed by atoms with van der Waals surface area (Å²) in [5.41, 5.74) is 8.21. The van der Waals surface area contributed by atoms with Gasteiger partial charge < -0.3 is 10.6 Å². The van der Waals surface area contributed by atoms with Crippen molar-refractivity contribution in [2.75, 3.05) is 13.6 Å². The maximum Gasteiger partial charge on any atom is 0.0242 e. The van der Waals surface area contributed by atoms with Crippen LogP contribution in [-0.4, -0.2) is 18.5 Å². The molecular formula is C16H25BrN2. The van der Waals surface area contributed by atoms with Crippen molar-refractivity contribution >= 4 is 15.9 Å². The van der Waals surface area contributed by atoms with Gasteiger partial charge in [-0.3, -0.25) is 0 Å². The minimum atomic E-state index is 0.608. The molecular weight excluding hydrogens is 300 g/mol. The van der Waals surface area contributed by atoms with Gasteiger partial charge in [-0.1, -0.05) is 47.3 Å². The Balaban J connectivity index is 1.88. The monoisotopic (exact) mass is 324 g/mol. The van der Waals surface area contributed by atoms with Crippen LogP contribution in [0.15, 0.2) is 22.7 Å². The lowest BCUT2D eigenvalue weighted by Crippen LogP contribution is -2.26. The molecule has 0 bridgehead atoms. The molecule has 19 heavy (non-hydrogen) atoms. The molecule has 1 aromatic rings. The Morgan fingerprint density at radius 3 is 2.63 bits per heavy atom. The van der Waals surface area contributed by atoms with Crippen LogP contribution in [0.25, 0.3) is 0 Å². The van der Waals surface area contributed by atoms with Crippen molar-refractivity contribution in [3.63, 3.8) is 0 Å². The van der Waals surface area contributed by atoms with Crippen molar-refractivity contribution in [2.24, 2.45) is 11.7 Å². The van der Waals surface area contributed by atoms with Crippen LogP contribution in [0.5, 0.6) is 0 Å². The molecule has 1 aliphatic carbocycles. The van der Waals surface area contributed by atoms with E-state index in [0.717, 1.165) is 12.5 Å². The Morgan fingerprint density at radius 1 is 1.26 bits per heavy atom. The van der Waals surface area contributed by atoms with Crippen LogP contribution in [0.3, 0.4) is 0 Å². The van der Waals surface area contributed by atoms with Crippen molar-refractivity contribution in [3.8, 4) is 0 Å². The Bertz CT molecular complexity index is 400. The molecule has 0 aromatic heterocycles. The van der Waals surface area contributed by atoms with Gasteiger partial charge in [-0.15, -0.1) is 0 Å². The van der Waals surface area contributed by atoms with E-state index < -0.39 is 0 Å². The van der Waals surface area contributed by atoms with Crippen molar-refractivity contribution in [3.05, 3.63) is 33.8 Å². The van der Waals surface area contributed by atoms with Crippen LogP contribution >= 0.6 is 15.9 Å². The second kappa shape index (κ2) is 7.41. The van der Waals surface area contributed by atoms with Crippen molar-refractivity contribution in [2.45, 2.75) is 45.2 Å². The lowest BCUT2D eigenvalue weighted by molar-refractivity contribution is 0.228. The molecule has 0 heterocycles. The number of hydrogen-bond donors (Lipinski definition) is 1. The summed E-state index contributed by atoms with van der Waals surface area (Å²) in [6.07, 6.45) is 7.11. The molecule has 0 spiro atoms. The van der Waals surface area contributed by atoms with Gasteiger partial charge in [-0.25, -0.2) is 0 Å². The molecule has 2 nitrogen and oxygen atoms in total. The van der Waals surface area contributed by atoms with Crippen molar-refractivity contribution < 1.29 is 0 Å². The first-order chi connectivity index (χ1) is 9.19. The minimum Gasteiger partial charge on any atom is -0.326 e. The molecule has 1 fully saturated rings. The molecule has 0 atom stereocenters. The highest BCUT2D eigenvalue weighted by molar-refractivity contribution is 9.10. The van der Waals surface area contributed by atoms with Crippen LogP contribution in [0.4, 0.5) is 0 Å². The molecule has 1 saturated carbocycles. The van der Waals surface area contributed by atoms with Gasteiger partial charge >= 0.3 is 0 Å². The predicted octanol–water partition coefficient (Wildman–Crippen LogP) is 3.92. The molecule has 1 aliphatic rings. The third-order valence-corrected chi connectivity index (χ3v) is 4.83. The third-order valence-electron chi connectivity index (χ3n) is 4.09. The van der Waals surface area contributed by atoms with Gasteiger partial charge in [-0.05, 0) is 43.0 Å². The van der Waals surface area contributed by atoms with Crippen molar-refractivity contribution in [1.82, 2.24) is 4.90 Å². The summed E-state index contributed by atoms with van der Waals surface area (Å²) >= 11 is 3.66. The van der Waals surface area contributed by atoms with E-state index >= 15 is 0 Å². The van der Waals surface area contributed by atoms with Gasteiger partial charge in [0, 0.05) is 24.1 Å². The quantitative estimate of drug-likeness (QED) is 0.889. The molecule has 0 amide bonds. The van der Waals surface area contributed by atoms with Crippen LogP contribution < -0.4 is 5.73 Å². The van der Waals surface area contributed by atoms with Gasteiger partial charge in [0.25, 0.3) is 0 Å². The van der Waals surface area contributed by atoms with Gasteiger partial charge in [0.2, 0.25) is 0 Å². The fourth-order valence-corrected chi connectivity index (χ4v) is 3.56. The Labute approximate surface area is 125 Å². The van der Waals surface area contributed by atoms with E-state index in [1.54, 1.807) is 0 Å². The highest BCUT2D eigenvalue weighted by atomic mass is 79.9. The molecule has 0 saturated heterocycles. The highest BCUT2D eigenvalue weighted by Crippen LogP contribution is 2.25. The van der Waals surface area contributed by atoms with Gasteiger partial charge in [0.05, 0.1) is 0 Å². The largest absolute Gasteiger partial charge is 0.326 e. The fraction of sp³-hybridized carbons (Fsp3) is 0.625. The summed E-state index contributed by atoms with van der Waals surface area (Å²) in [4.78, 5) is 2.46. The number of rotatable bonds is 5. The summed E-state index contributed by atoms with van der Waals surface area (Å²) in [7, 11) is 2.23. The molecule has 0 radical (unpaired) electrons. The summed E-state index contributed by atoms with van der Waals surface area (Å²) < 4.78 is 1.19. The number of benzene rings is 1. The van der Waals surface area contributed by atoms with Crippen LogP contribution in [0.1, 0.15) is 43.2 Å². The summed E-state index contributed by atoms with van der Waals surface area (Å²) in [6, 6.07) is 6.47. The Morgan fingerprint density at radius 2 is 2.00 bits per heavy atom. The number of nitrogens with zero attached hydrogens (tertiary/aromatic N) is 1. The van der Waals surface area contributed by atoms with E-state index in [-0.39, 0.29) is 0 Å². The third kappa shape index (κ3) is 4.59. The van der Waals surface area contributed by atoms with E-state index in [0.29, 0.717) is 6.54 Å². The van der Waals surface area contributed by atoms with Crippen LogP contribution in [-0.2, 0) is 13.1 Å². The van der Waals surface area contributed by atoms with Crippen LogP contribution in [0.2, 0.25) is 0 Å². The zero-order valence-electron chi connectivity index (χ0n) is 11.9. The maximum atomic E-state index is 5.66. The first kappa shape index (κ1) is 15.0. The molecule has 106 valence electrons. The van der Waals surface area contributed by atoms with Crippen LogP contribution in [0, 0.1) is 5.92 Å². The average Bonchev–Trinajstić information content (AvgIpc) is 2.42. The fourth-order valence-electron chi connectivity index (χ4n) is 3.01. The van der Waals surface area contributed by atoms with E-state index in [4.69, 9.17) is 5.73 Å². The second-order valence-corrected chi connectivity index (χ2v) is 6.69. The normalized spacial score (nSPS) is 17.1. The van der Waals surface area contributed by atoms with E-state index in [1.165, 1.54) is 54.2 Å². The van der Waals surface area contributed by atoms with Gasteiger partial charge in [-0.2, -0.15) is 0 Å². The molecule has 2 rings (SSSR count). The maximum absolute atomic E-state index is 5.66. The summed E-state index contributed by atoms with van der Waals surface area (Å²) in [5, 5.41) is 0. The molecule has 3 heteroatoms. The predicted molar refractivity (Wildman–Crippen MR) is 84.9 cm³/mol. The van der Waals surface area contributed by atoms with E-state index in [9.17, 15) is 0 Å². The smallest absolute Gasteiger partial charge is 0.0242 e. The Hall–Kier alpha value is -0.380. The summed E-state index contributed by atoms with van der Waals surface area (Å²) in [6.45, 7) is 2.85. The topological polar surface area (TPSA) is 29.3 Å². The van der Waals surface area contributed by atoms with Crippen molar-refractivity contribution in [1.29, 1.82) is 0 Å². The van der Waals surface area contributed by atoms with E-state index in [1.807, 2.05) is 0 Å². The molecule has 0 unspecified atom stereocenters. The zero-order valence-corrected chi connectivity index (χ0v) is 13.5. The van der Waals surface area contributed by atoms with E-state index in [2.05, 4.69) is 46.1 Å². The number of hydrogen-bond acceptors (Lipinski definition) is 2. The molecule has 0 aliphatic heterocycles. The average molecular weight is 325 g/mol. The lowest BCUT2D eigenvalue weighted by atomic mass is 9.89. The SMILES string of the molecule is CN(Cc1ccc(CN)cc1Br)CC1CCCCC1. The minimum absolute atomic E-state index is 0.608. The standard InChI is InChI=1S/C16H25BrN2/c1-19(11-13-5-3-2-4-6-13)12-15-8-7-14(10-18)9-16(15)17/h7-9,13H,2-6,10-12,18H2,1H3. The van der Waals surface area contributed by atoms with Gasteiger partial charge in [0.15, 0.2) is 0 Å². The molecule has 1 aromatic carbocycles.